The number of rotatable bonds is 6. The molecular weight excluding hydrogens is 402 g/mol. The molecular formula is C19H14ClF4NO3. The molecule has 3 aromatic rings. The molecule has 0 bridgehead atoms. The summed E-state index contributed by atoms with van der Waals surface area (Å²) in [6.07, 6.45) is -4.52. The Balaban J connectivity index is 2.07. The third-order valence-corrected chi connectivity index (χ3v) is 4.58. The number of halogens is 5. The SMILES string of the molecule is O=COCCc1cc2cc(O)c(Cl)cc2n1Cc1ccc(F)c(C(F)(F)F)c1. The molecule has 0 unspecified atom stereocenters. The summed E-state index contributed by atoms with van der Waals surface area (Å²) in [6.45, 7) is 0.367. The molecule has 0 aliphatic rings. The molecule has 0 radical (unpaired) electrons. The van der Waals surface area contributed by atoms with Crippen LogP contribution in [-0.4, -0.2) is 22.8 Å². The van der Waals surface area contributed by atoms with Crippen LogP contribution in [-0.2, 0) is 28.7 Å². The molecule has 0 atom stereocenters. The molecule has 1 N–H and O–H groups in total. The normalized spacial score (nSPS) is 11.8. The van der Waals surface area contributed by atoms with Crippen LogP contribution in [0.15, 0.2) is 36.4 Å². The Morgan fingerprint density at radius 3 is 2.61 bits per heavy atom. The predicted molar refractivity (Wildman–Crippen MR) is 94.8 cm³/mol. The second-order valence-electron chi connectivity index (χ2n) is 6.11. The zero-order valence-electron chi connectivity index (χ0n) is 14.3. The minimum Gasteiger partial charge on any atom is -0.506 e. The summed E-state index contributed by atoms with van der Waals surface area (Å²) in [5, 5.41) is 10.5. The number of benzene rings is 2. The molecule has 2 aromatic carbocycles. The summed E-state index contributed by atoms with van der Waals surface area (Å²) in [6, 6.07) is 7.44. The van der Waals surface area contributed by atoms with Crippen molar-refractivity contribution >= 4 is 29.0 Å². The number of carbonyl (C=O) groups is 1. The van der Waals surface area contributed by atoms with Gasteiger partial charge in [0.2, 0.25) is 0 Å². The van der Waals surface area contributed by atoms with Gasteiger partial charge >= 0.3 is 6.18 Å². The van der Waals surface area contributed by atoms with Crippen molar-refractivity contribution in [2.24, 2.45) is 0 Å². The van der Waals surface area contributed by atoms with Crippen LogP contribution in [0.1, 0.15) is 16.8 Å². The number of carbonyl (C=O) groups excluding carboxylic acids is 1. The van der Waals surface area contributed by atoms with Crippen LogP contribution in [0.25, 0.3) is 10.9 Å². The Morgan fingerprint density at radius 2 is 1.93 bits per heavy atom. The topological polar surface area (TPSA) is 51.5 Å². The molecule has 4 nitrogen and oxygen atoms in total. The van der Waals surface area contributed by atoms with Crippen molar-refractivity contribution in [3.63, 3.8) is 0 Å². The molecule has 0 fully saturated rings. The van der Waals surface area contributed by atoms with Crippen LogP contribution in [0.3, 0.4) is 0 Å². The lowest BCUT2D eigenvalue weighted by Gasteiger charge is -2.14. The summed E-state index contributed by atoms with van der Waals surface area (Å²) in [7, 11) is 0. The Hall–Kier alpha value is -2.74. The van der Waals surface area contributed by atoms with E-state index in [1.54, 1.807) is 10.6 Å². The van der Waals surface area contributed by atoms with Crippen molar-refractivity contribution in [3.05, 3.63) is 64.1 Å². The molecule has 9 heteroatoms. The van der Waals surface area contributed by atoms with Crippen LogP contribution >= 0.6 is 11.6 Å². The summed E-state index contributed by atoms with van der Waals surface area (Å²) < 4.78 is 58.9. The number of hydrogen-bond acceptors (Lipinski definition) is 3. The van der Waals surface area contributed by atoms with E-state index >= 15 is 0 Å². The number of fused-ring (bicyclic) bond motifs is 1. The van der Waals surface area contributed by atoms with Gasteiger partial charge in [0.1, 0.15) is 11.6 Å². The van der Waals surface area contributed by atoms with Gasteiger partial charge in [-0.2, -0.15) is 13.2 Å². The van der Waals surface area contributed by atoms with Gasteiger partial charge in [-0.15, -0.1) is 0 Å². The van der Waals surface area contributed by atoms with Crippen LogP contribution in [0.2, 0.25) is 5.02 Å². The maximum absolute atomic E-state index is 13.6. The molecule has 0 amide bonds. The number of aromatic hydroxyl groups is 1. The molecule has 0 saturated carbocycles. The molecule has 0 aliphatic carbocycles. The van der Waals surface area contributed by atoms with Crippen LogP contribution in [0.5, 0.6) is 5.75 Å². The van der Waals surface area contributed by atoms with E-state index in [9.17, 15) is 27.5 Å². The van der Waals surface area contributed by atoms with Crippen LogP contribution in [0, 0.1) is 5.82 Å². The highest BCUT2D eigenvalue weighted by Gasteiger charge is 2.34. The van der Waals surface area contributed by atoms with Crippen molar-refractivity contribution < 1.29 is 32.2 Å². The van der Waals surface area contributed by atoms with E-state index < -0.39 is 17.6 Å². The van der Waals surface area contributed by atoms with E-state index in [0.717, 1.165) is 12.1 Å². The van der Waals surface area contributed by atoms with Gasteiger partial charge in [-0.3, -0.25) is 4.79 Å². The number of phenols is 1. The number of phenolic OH excluding ortho intramolecular Hbond substituents is 1. The van der Waals surface area contributed by atoms with Gasteiger partial charge in [0.15, 0.2) is 0 Å². The van der Waals surface area contributed by atoms with E-state index in [-0.39, 0.29) is 29.5 Å². The predicted octanol–water partition coefficient (Wildman–Crippen LogP) is 4.92. The van der Waals surface area contributed by atoms with E-state index in [1.165, 1.54) is 18.2 Å². The average Bonchev–Trinajstić information content (AvgIpc) is 2.93. The van der Waals surface area contributed by atoms with Gasteiger partial charge in [-0.25, -0.2) is 4.39 Å². The fourth-order valence-corrected chi connectivity index (χ4v) is 3.16. The fraction of sp³-hybridized carbons (Fsp3) is 0.211. The quantitative estimate of drug-likeness (QED) is 0.353. The number of alkyl halides is 3. The van der Waals surface area contributed by atoms with Crippen molar-refractivity contribution in [1.29, 1.82) is 0 Å². The monoisotopic (exact) mass is 415 g/mol. The second-order valence-corrected chi connectivity index (χ2v) is 6.52. The first-order chi connectivity index (χ1) is 13.2. The number of nitrogens with zero attached hydrogens (tertiary/aromatic N) is 1. The second kappa shape index (κ2) is 7.71. The molecule has 0 spiro atoms. The Morgan fingerprint density at radius 1 is 1.18 bits per heavy atom. The van der Waals surface area contributed by atoms with Gasteiger partial charge in [-0.05, 0) is 35.9 Å². The lowest BCUT2D eigenvalue weighted by atomic mass is 10.1. The minimum atomic E-state index is -4.81. The minimum absolute atomic E-state index is 0.00435. The van der Waals surface area contributed by atoms with Crippen molar-refractivity contribution in [2.75, 3.05) is 6.61 Å². The smallest absolute Gasteiger partial charge is 0.419 e. The molecule has 148 valence electrons. The maximum Gasteiger partial charge on any atom is 0.419 e. The highest BCUT2D eigenvalue weighted by molar-refractivity contribution is 6.32. The van der Waals surface area contributed by atoms with Gasteiger partial charge in [0.05, 0.1) is 22.7 Å². The fourth-order valence-electron chi connectivity index (χ4n) is 3.01. The first-order valence-electron chi connectivity index (χ1n) is 8.12. The van der Waals surface area contributed by atoms with Gasteiger partial charge < -0.3 is 14.4 Å². The molecule has 0 saturated heterocycles. The average molecular weight is 416 g/mol. The van der Waals surface area contributed by atoms with Crippen LogP contribution in [0.4, 0.5) is 17.6 Å². The summed E-state index contributed by atoms with van der Waals surface area (Å²) in [5.74, 6) is -1.48. The third kappa shape index (κ3) is 4.06. The molecule has 28 heavy (non-hydrogen) atoms. The van der Waals surface area contributed by atoms with Crippen LogP contribution < -0.4 is 0 Å². The van der Waals surface area contributed by atoms with E-state index in [2.05, 4.69) is 0 Å². The zero-order chi connectivity index (χ0) is 20.5. The van der Waals surface area contributed by atoms with Gasteiger partial charge in [-0.1, -0.05) is 17.7 Å². The van der Waals surface area contributed by atoms with E-state index in [4.69, 9.17) is 16.3 Å². The Labute approximate surface area is 161 Å². The lowest BCUT2D eigenvalue weighted by molar-refractivity contribution is -0.140. The summed E-state index contributed by atoms with van der Waals surface area (Å²) in [4.78, 5) is 10.4. The maximum atomic E-state index is 13.6. The summed E-state index contributed by atoms with van der Waals surface area (Å²) in [5.41, 5.74) is 0.106. The Kier molecular flexibility index (Phi) is 5.51. The molecule has 3 rings (SSSR count). The highest BCUT2D eigenvalue weighted by Crippen LogP contribution is 2.34. The van der Waals surface area contributed by atoms with Crippen molar-refractivity contribution in [1.82, 2.24) is 4.57 Å². The zero-order valence-corrected chi connectivity index (χ0v) is 15.0. The van der Waals surface area contributed by atoms with Crippen molar-refractivity contribution in [3.8, 4) is 5.75 Å². The molecule has 1 aromatic heterocycles. The highest BCUT2D eigenvalue weighted by atomic mass is 35.5. The Bertz CT molecular complexity index is 1030. The standard InChI is InChI=1S/C19H14ClF4NO3/c20-15-8-17-12(7-18(15)27)6-13(3-4-28-10-26)25(17)9-11-1-2-16(21)14(5-11)19(22,23)24/h1-2,5-8,10,27H,3-4,9H2. The molecule has 1 heterocycles. The van der Waals surface area contributed by atoms with E-state index in [0.29, 0.717) is 29.5 Å². The number of hydrogen-bond donors (Lipinski definition) is 1. The van der Waals surface area contributed by atoms with Gasteiger partial charge in [0.25, 0.3) is 6.47 Å². The summed E-state index contributed by atoms with van der Waals surface area (Å²) >= 11 is 5.97. The number of ether oxygens (including phenoxy) is 1. The van der Waals surface area contributed by atoms with Crippen molar-refractivity contribution in [2.45, 2.75) is 19.1 Å². The first kappa shape index (κ1) is 20.0. The molecule has 0 aliphatic heterocycles. The van der Waals surface area contributed by atoms with E-state index in [1.807, 2.05) is 0 Å². The number of aromatic nitrogens is 1. The third-order valence-electron chi connectivity index (χ3n) is 4.28. The largest absolute Gasteiger partial charge is 0.506 e. The van der Waals surface area contributed by atoms with Gasteiger partial charge in [0, 0.05) is 24.0 Å². The first-order valence-corrected chi connectivity index (χ1v) is 8.50. The lowest BCUT2D eigenvalue weighted by Crippen LogP contribution is -2.11.